The number of nitrogens with zero attached hydrogens (tertiary/aromatic N) is 1. The smallest absolute Gasteiger partial charge is 0.262 e. The summed E-state index contributed by atoms with van der Waals surface area (Å²) in [5.74, 6) is 0.921. The summed E-state index contributed by atoms with van der Waals surface area (Å²) in [6.07, 6.45) is 6.09. The molecule has 3 rings (SSSR count). The van der Waals surface area contributed by atoms with Gasteiger partial charge >= 0.3 is 0 Å². The van der Waals surface area contributed by atoms with E-state index in [0.29, 0.717) is 12.5 Å². The molecule has 0 bridgehead atoms. The van der Waals surface area contributed by atoms with Crippen molar-refractivity contribution in [1.29, 1.82) is 5.26 Å². The van der Waals surface area contributed by atoms with Crippen molar-refractivity contribution in [1.82, 2.24) is 5.32 Å². The van der Waals surface area contributed by atoms with Crippen LogP contribution in [0.5, 0.6) is 5.75 Å². The maximum Gasteiger partial charge on any atom is 0.262 e. The van der Waals surface area contributed by atoms with Crippen molar-refractivity contribution in [3.05, 3.63) is 71.3 Å². The highest BCUT2D eigenvalue weighted by Gasteiger charge is 2.24. The van der Waals surface area contributed by atoms with Gasteiger partial charge < -0.3 is 10.1 Å². The van der Waals surface area contributed by atoms with Crippen molar-refractivity contribution in [3.63, 3.8) is 0 Å². The van der Waals surface area contributed by atoms with E-state index in [0.717, 1.165) is 36.1 Å². The number of nitrogens with one attached hydrogen (secondary N) is 1. The van der Waals surface area contributed by atoms with Crippen LogP contribution < -0.4 is 10.1 Å². The lowest BCUT2D eigenvalue weighted by Crippen LogP contribution is -2.41. The Morgan fingerprint density at radius 2 is 1.86 bits per heavy atom. The first-order valence-corrected chi connectivity index (χ1v) is 9.85. The van der Waals surface area contributed by atoms with Gasteiger partial charge in [0.1, 0.15) is 24.0 Å². The highest BCUT2D eigenvalue weighted by atomic mass is 16.5. The number of ether oxygens (including phenoxy) is 1. The van der Waals surface area contributed by atoms with E-state index < -0.39 is 0 Å². The molecule has 2 aromatic rings. The van der Waals surface area contributed by atoms with Crippen LogP contribution in [0.15, 0.2) is 60.2 Å². The fraction of sp³-hybridized carbons (Fsp3) is 0.333. The average Bonchev–Trinajstić information content (AvgIpc) is 2.73. The molecule has 0 unspecified atom stereocenters. The molecule has 1 saturated carbocycles. The highest BCUT2D eigenvalue weighted by Crippen LogP contribution is 2.24. The zero-order valence-corrected chi connectivity index (χ0v) is 16.2. The minimum atomic E-state index is -0.286. The summed E-state index contributed by atoms with van der Waals surface area (Å²) in [5, 5.41) is 12.4. The van der Waals surface area contributed by atoms with Gasteiger partial charge in [0, 0.05) is 6.04 Å². The molecule has 1 aliphatic carbocycles. The summed E-state index contributed by atoms with van der Waals surface area (Å²) in [6, 6.07) is 19.6. The van der Waals surface area contributed by atoms with Crippen LogP contribution in [0.4, 0.5) is 0 Å². The van der Waals surface area contributed by atoms with Crippen LogP contribution in [0.3, 0.4) is 0 Å². The van der Waals surface area contributed by atoms with Crippen LogP contribution >= 0.6 is 0 Å². The lowest BCUT2D eigenvalue weighted by molar-refractivity contribution is -0.118. The van der Waals surface area contributed by atoms with E-state index in [1.165, 1.54) is 6.42 Å². The van der Waals surface area contributed by atoms with Crippen LogP contribution in [-0.4, -0.2) is 11.9 Å². The second-order valence-electron chi connectivity index (χ2n) is 7.35. The van der Waals surface area contributed by atoms with E-state index in [1.807, 2.05) is 60.7 Å². The molecule has 0 radical (unpaired) electrons. The second kappa shape index (κ2) is 9.75. The van der Waals surface area contributed by atoms with Crippen molar-refractivity contribution in [2.24, 2.45) is 5.92 Å². The third-order valence-electron chi connectivity index (χ3n) is 5.23. The van der Waals surface area contributed by atoms with E-state index in [1.54, 1.807) is 6.08 Å². The van der Waals surface area contributed by atoms with Crippen LogP contribution in [0.25, 0.3) is 6.08 Å². The quantitative estimate of drug-likeness (QED) is 0.580. The lowest BCUT2D eigenvalue weighted by atomic mass is 9.86. The Balaban J connectivity index is 1.60. The Hall–Kier alpha value is -3.06. The largest absolute Gasteiger partial charge is 0.489 e. The minimum Gasteiger partial charge on any atom is -0.489 e. The standard InChI is InChI=1S/C24H26N2O2/c1-18-7-5-6-10-23(18)26-24(27)21(16-25)15-19-11-13-22(14-12-19)28-17-20-8-3-2-4-9-20/h2-4,8-9,11-15,18,23H,5-7,10,17H2,1H3,(H,26,27)/b21-15-/t18-,23-/m1/s1. The maximum atomic E-state index is 12.5. The molecule has 0 heterocycles. The number of amides is 1. The van der Waals surface area contributed by atoms with Crippen LogP contribution in [0.2, 0.25) is 0 Å². The van der Waals surface area contributed by atoms with E-state index in [9.17, 15) is 10.1 Å². The van der Waals surface area contributed by atoms with Crippen molar-refractivity contribution >= 4 is 12.0 Å². The number of benzene rings is 2. The predicted octanol–water partition coefficient (Wildman–Crippen LogP) is 4.87. The molecule has 0 saturated heterocycles. The van der Waals surface area contributed by atoms with E-state index in [4.69, 9.17) is 4.74 Å². The van der Waals surface area contributed by atoms with Gasteiger partial charge in [-0.2, -0.15) is 5.26 Å². The first kappa shape index (κ1) is 19.7. The monoisotopic (exact) mass is 374 g/mol. The number of rotatable bonds is 6. The molecule has 0 aliphatic heterocycles. The zero-order valence-electron chi connectivity index (χ0n) is 16.2. The summed E-state index contributed by atoms with van der Waals surface area (Å²) < 4.78 is 5.77. The van der Waals surface area contributed by atoms with Crippen molar-refractivity contribution in [3.8, 4) is 11.8 Å². The summed E-state index contributed by atoms with van der Waals surface area (Å²) in [5.41, 5.74) is 2.04. The van der Waals surface area contributed by atoms with Gasteiger partial charge in [-0.15, -0.1) is 0 Å². The number of hydrogen-bond donors (Lipinski definition) is 1. The fourth-order valence-corrected chi connectivity index (χ4v) is 3.49. The summed E-state index contributed by atoms with van der Waals surface area (Å²) in [4.78, 5) is 12.5. The van der Waals surface area contributed by atoms with Crippen molar-refractivity contribution in [2.45, 2.75) is 45.3 Å². The van der Waals surface area contributed by atoms with Gasteiger partial charge in [-0.05, 0) is 48.1 Å². The topological polar surface area (TPSA) is 62.1 Å². The minimum absolute atomic E-state index is 0.135. The molecule has 1 fully saturated rings. The van der Waals surface area contributed by atoms with E-state index >= 15 is 0 Å². The Bertz CT molecular complexity index is 850. The molecule has 28 heavy (non-hydrogen) atoms. The van der Waals surface area contributed by atoms with E-state index in [2.05, 4.69) is 12.2 Å². The van der Waals surface area contributed by atoms with Gasteiger partial charge in [0.25, 0.3) is 5.91 Å². The van der Waals surface area contributed by atoms with Gasteiger partial charge in [0.15, 0.2) is 0 Å². The van der Waals surface area contributed by atoms with Crippen LogP contribution in [0, 0.1) is 17.2 Å². The maximum absolute atomic E-state index is 12.5. The lowest BCUT2D eigenvalue weighted by Gasteiger charge is -2.29. The van der Waals surface area contributed by atoms with Gasteiger partial charge in [-0.3, -0.25) is 4.79 Å². The number of carbonyl (C=O) groups excluding carboxylic acids is 1. The van der Waals surface area contributed by atoms with Gasteiger partial charge in [0.2, 0.25) is 0 Å². The number of nitriles is 1. The van der Waals surface area contributed by atoms with Crippen LogP contribution in [-0.2, 0) is 11.4 Å². The molecular formula is C24H26N2O2. The van der Waals surface area contributed by atoms with Gasteiger partial charge in [-0.1, -0.05) is 62.2 Å². The molecule has 2 atom stereocenters. The van der Waals surface area contributed by atoms with Crippen LogP contribution in [0.1, 0.15) is 43.7 Å². The summed E-state index contributed by atoms with van der Waals surface area (Å²) in [6.45, 7) is 2.66. The molecule has 0 aromatic heterocycles. The van der Waals surface area contributed by atoms with Gasteiger partial charge in [-0.25, -0.2) is 0 Å². The molecule has 2 aromatic carbocycles. The fourth-order valence-electron chi connectivity index (χ4n) is 3.49. The number of hydrogen-bond acceptors (Lipinski definition) is 3. The van der Waals surface area contributed by atoms with Crippen molar-refractivity contribution < 1.29 is 9.53 Å². The normalized spacial score (nSPS) is 19.5. The SMILES string of the molecule is C[C@@H]1CCCC[C@H]1NC(=O)/C(C#N)=C\c1ccc(OCc2ccccc2)cc1. The Kier molecular flexibility index (Phi) is 6.86. The first-order valence-electron chi connectivity index (χ1n) is 9.85. The predicted molar refractivity (Wildman–Crippen MR) is 110 cm³/mol. The number of carbonyl (C=O) groups is 1. The molecule has 144 valence electrons. The zero-order chi connectivity index (χ0) is 19.8. The Morgan fingerprint density at radius 1 is 1.14 bits per heavy atom. The molecule has 4 nitrogen and oxygen atoms in total. The Morgan fingerprint density at radius 3 is 2.54 bits per heavy atom. The molecule has 0 spiro atoms. The molecular weight excluding hydrogens is 348 g/mol. The highest BCUT2D eigenvalue weighted by molar-refractivity contribution is 6.01. The molecule has 1 aliphatic rings. The van der Waals surface area contributed by atoms with E-state index in [-0.39, 0.29) is 17.5 Å². The average molecular weight is 374 g/mol. The first-order chi connectivity index (χ1) is 13.7. The van der Waals surface area contributed by atoms with Gasteiger partial charge in [0.05, 0.1) is 0 Å². The second-order valence-corrected chi connectivity index (χ2v) is 7.35. The Labute approximate surface area is 166 Å². The molecule has 1 N–H and O–H groups in total. The third kappa shape index (κ3) is 5.47. The third-order valence-corrected chi connectivity index (χ3v) is 5.23. The molecule has 4 heteroatoms. The summed E-state index contributed by atoms with van der Waals surface area (Å²) >= 11 is 0. The van der Waals surface area contributed by atoms with Crippen molar-refractivity contribution in [2.75, 3.05) is 0 Å². The molecule has 1 amide bonds. The summed E-state index contributed by atoms with van der Waals surface area (Å²) in [7, 11) is 0.